The topological polar surface area (TPSA) is 68.3 Å². The Balaban J connectivity index is 2.56. The fourth-order valence-electron chi connectivity index (χ4n) is 1.22. The number of para-hydroxylation sites is 2. The third-order valence-corrected chi connectivity index (χ3v) is 1.92. The van der Waals surface area contributed by atoms with E-state index in [1.54, 1.807) is 6.07 Å². The Bertz CT molecular complexity index is 408. The molecule has 0 aliphatic rings. The molecule has 0 atom stereocenters. The van der Waals surface area contributed by atoms with Crippen molar-refractivity contribution in [2.24, 2.45) is 5.73 Å². The van der Waals surface area contributed by atoms with Gasteiger partial charge in [-0.2, -0.15) is 0 Å². The summed E-state index contributed by atoms with van der Waals surface area (Å²) < 4.78 is 45.3. The van der Waals surface area contributed by atoms with Crippen molar-refractivity contribution in [3.8, 4) is 11.5 Å². The van der Waals surface area contributed by atoms with Gasteiger partial charge in [0, 0.05) is 6.42 Å². The van der Waals surface area contributed by atoms with Crippen LogP contribution < -0.4 is 15.2 Å². The summed E-state index contributed by atoms with van der Waals surface area (Å²) in [5.74, 6) is -0.357. The molecule has 0 aliphatic carbocycles. The molecule has 0 amide bonds. The van der Waals surface area contributed by atoms with Gasteiger partial charge in [0.05, 0.1) is 12.4 Å². The molecule has 1 rings (SSSR count). The van der Waals surface area contributed by atoms with Crippen molar-refractivity contribution in [2.45, 2.75) is 19.2 Å². The van der Waals surface area contributed by atoms with Crippen LogP contribution in [0.15, 0.2) is 24.3 Å². The number of nitrogens with two attached hydrogens (primary N) is 1. The first-order chi connectivity index (χ1) is 8.38. The van der Waals surface area contributed by atoms with Crippen LogP contribution in [-0.4, -0.2) is 18.8 Å². The molecular formula is C11H13F3N2O2. The first kappa shape index (κ1) is 14.1. The SMILES string of the molecule is N=C(N)CCCOc1ccccc1OC(F)(F)F. The second-order valence-corrected chi connectivity index (χ2v) is 3.47. The van der Waals surface area contributed by atoms with Crippen molar-refractivity contribution >= 4 is 5.84 Å². The number of hydrogen-bond acceptors (Lipinski definition) is 3. The molecule has 0 saturated heterocycles. The minimum atomic E-state index is -4.75. The first-order valence-corrected chi connectivity index (χ1v) is 5.19. The van der Waals surface area contributed by atoms with Gasteiger partial charge in [0.15, 0.2) is 11.5 Å². The van der Waals surface area contributed by atoms with Gasteiger partial charge in [-0.25, -0.2) is 0 Å². The van der Waals surface area contributed by atoms with E-state index in [-0.39, 0.29) is 23.9 Å². The molecule has 3 N–H and O–H groups in total. The summed E-state index contributed by atoms with van der Waals surface area (Å²) in [6.07, 6.45) is -3.96. The number of benzene rings is 1. The Labute approximate surface area is 102 Å². The van der Waals surface area contributed by atoms with Gasteiger partial charge in [-0.1, -0.05) is 12.1 Å². The summed E-state index contributed by atoms with van der Waals surface area (Å²) in [4.78, 5) is 0. The van der Waals surface area contributed by atoms with Crippen LogP contribution >= 0.6 is 0 Å². The lowest BCUT2D eigenvalue weighted by atomic mass is 10.3. The summed E-state index contributed by atoms with van der Waals surface area (Å²) >= 11 is 0. The average Bonchev–Trinajstić information content (AvgIpc) is 2.24. The average molecular weight is 262 g/mol. The fraction of sp³-hybridized carbons (Fsp3) is 0.364. The number of amidine groups is 1. The van der Waals surface area contributed by atoms with E-state index in [9.17, 15) is 13.2 Å². The second-order valence-electron chi connectivity index (χ2n) is 3.47. The molecule has 4 nitrogen and oxygen atoms in total. The standard InChI is InChI=1S/C11H13F3N2O2/c12-11(13,14)18-9-5-2-1-4-8(9)17-7-3-6-10(15)16/h1-2,4-5H,3,6-7H2,(H3,15,16). The quantitative estimate of drug-likeness (QED) is 0.470. The summed E-state index contributed by atoms with van der Waals surface area (Å²) in [5.41, 5.74) is 5.14. The van der Waals surface area contributed by atoms with E-state index in [1.807, 2.05) is 0 Å². The van der Waals surface area contributed by atoms with Crippen LogP contribution in [0, 0.1) is 5.41 Å². The Kier molecular flexibility index (Phi) is 4.82. The molecule has 1 aromatic rings. The maximum atomic E-state index is 12.1. The van der Waals surface area contributed by atoms with E-state index in [2.05, 4.69) is 4.74 Å². The van der Waals surface area contributed by atoms with Gasteiger partial charge in [-0.15, -0.1) is 13.2 Å². The van der Waals surface area contributed by atoms with Crippen molar-refractivity contribution in [3.05, 3.63) is 24.3 Å². The number of ether oxygens (including phenoxy) is 2. The molecule has 1 aromatic carbocycles. The summed E-state index contributed by atoms with van der Waals surface area (Å²) in [6, 6.07) is 5.52. The highest BCUT2D eigenvalue weighted by Gasteiger charge is 2.32. The van der Waals surface area contributed by atoms with Gasteiger partial charge in [0.2, 0.25) is 0 Å². The highest BCUT2D eigenvalue weighted by atomic mass is 19.4. The van der Waals surface area contributed by atoms with Crippen molar-refractivity contribution < 1.29 is 22.6 Å². The van der Waals surface area contributed by atoms with E-state index in [4.69, 9.17) is 15.9 Å². The lowest BCUT2D eigenvalue weighted by Crippen LogP contribution is -2.18. The summed E-state index contributed by atoms with van der Waals surface area (Å²) in [6.45, 7) is 0.164. The van der Waals surface area contributed by atoms with Crippen LogP contribution in [0.25, 0.3) is 0 Å². The maximum absolute atomic E-state index is 12.1. The molecule has 100 valence electrons. The zero-order chi connectivity index (χ0) is 13.6. The fourth-order valence-corrected chi connectivity index (χ4v) is 1.22. The predicted molar refractivity (Wildman–Crippen MR) is 59.8 cm³/mol. The zero-order valence-corrected chi connectivity index (χ0v) is 9.46. The van der Waals surface area contributed by atoms with Crippen LogP contribution in [0.5, 0.6) is 11.5 Å². The Morgan fingerprint density at radius 3 is 2.39 bits per heavy atom. The number of rotatable bonds is 6. The third kappa shape index (κ3) is 5.42. The van der Waals surface area contributed by atoms with Crippen LogP contribution in [0.2, 0.25) is 0 Å². The molecule has 0 fully saturated rings. The predicted octanol–water partition coefficient (Wildman–Crippen LogP) is 2.68. The van der Waals surface area contributed by atoms with Crippen molar-refractivity contribution in [1.82, 2.24) is 0 Å². The highest BCUT2D eigenvalue weighted by molar-refractivity contribution is 5.76. The number of nitrogens with one attached hydrogen (secondary N) is 1. The van der Waals surface area contributed by atoms with Crippen LogP contribution in [-0.2, 0) is 0 Å². The summed E-state index contributed by atoms with van der Waals surface area (Å²) in [5, 5.41) is 6.99. The monoisotopic (exact) mass is 262 g/mol. The minimum absolute atomic E-state index is 0.0124. The van der Waals surface area contributed by atoms with E-state index in [1.165, 1.54) is 18.2 Å². The Hall–Kier alpha value is -1.92. The molecule has 7 heteroatoms. The van der Waals surface area contributed by atoms with Crippen molar-refractivity contribution in [1.29, 1.82) is 5.41 Å². The Morgan fingerprint density at radius 2 is 1.83 bits per heavy atom. The minimum Gasteiger partial charge on any atom is -0.490 e. The van der Waals surface area contributed by atoms with E-state index in [0.717, 1.165) is 0 Å². The zero-order valence-electron chi connectivity index (χ0n) is 9.46. The second kappa shape index (κ2) is 6.13. The normalized spacial score (nSPS) is 11.1. The molecule has 0 bridgehead atoms. The van der Waals surface area contributed by atoms with Gasteiger partial charge in [0.25, 0.3) is 0 Å². The summed E-state index contributed by atoms with van der Waals surface area (Å²) in [7, 11) is 0. The number of hydrogen-bond donors (Lipinski definition) is 2. The van der Waals surface area contributed by atoms with Gasteiger partial charge >= 0.3 is 6.36 Å². The molecule has 0 heterocycles. The molecule has 0 spiro atoms. The number of halogens is 3. The third-order valence-electron chi connectivity index (χ3n) is 1.92. The lowest BCUT2D eigenvalue weighted by molar-refractivity contribution is -0.275. The molecule has 0 unspecified atom stereocenters. The molecule has 18 heavy (non-hydrogen) atoms. The Morgan fingerprint density at radius 1 is 1.22 bits per heavy atom. The van der Waals surface area contributed by atoms with Gasteiger partial charge < -0.3 is 15.2 Å². The van der Waals surface area contributed by atoms with Gasteiger partial charge in [-0.3, -0.25) is 5.41 Å². The maximum Gasteiger partial charge on any atom is 0.573 e. The van der Waals surface area contributed by atoms with Gasteiger partial charge in [-0.05, 0) is 18.6 Å². The van der Waals surface area contributed by atoms with Crippen LogP contribution in [0.4, 0.5) is 13.2 Å². The molecule has 0 saturated carbocycles. The first-order valence-electron chi connectivity index (χ1n) is 5.19. The molecule has 0 aromatic heterocycles. The van der Waals surface area contributed by atoms with E-state index in [0.29, 0.717) is 12.8 Å². The number of alkyl halides is 3. The molecule has 0 radical (unpaired) electrons. The largest absolute Gasteiger partial charge is 0.573 e. The van der Waals surface area contributed by atoms with Crippen LogP contribution in [0.3, 0.4) is 0 Å². The smallest absolute Gasteiger partial charge is 0.490 e. The van der Waals surface area contributed by atoms with Gasteiger partial charge in [0.1, 0.15) is 0 Å². The van der Waals surface area contributed by atoms with E-state index >= 15 is 0 Å². The molecule has 0 aliphatic heterocycles. The van der Waals surface area contributed by atoms with Crippen LogP contribution in [0.1, 0.15) is 12.8 Å². The molecular weight excluding hydrogens is 249 g/mol. The van der Waals surface area contributed by atoms with Crippen molar-refractivity contribution in [2.75, 3.05) is 6.61 Å². The highest BCUT2D eigenvalue weighted by Crippen LogP contribution is 2.31. The lowest BCUT2D eigenvalue weighted by Gasteiger charge is -2.13. The van der Waals surface area contributed by atoms with E-state index < -0.39 is 6.36 Å². The van der Waals surface area contributed by atoms with Crippen molar-refractivity contribution in [3.63, 3.8) is 0 Å².